The molecule has 1 aliphatic heterocycles. The summed E-state index contributed by atoms with van der Waals surface area (Å²) in [6.45, 7) is 4.81. The number of carbonyl (C=O) groups excluding carboxylic acids is 1. The maximum Gasteiger partial charge on any atom is 0.416 e. The summed E-state index contributed by atoms with van der Waals surface area (Å²) in [6, 6.07) is 17.3. The molecule has 0 saturated carbocycles. The number of hydrogen-bond acceptors (Lipinski definition) is 7. The van der Waals surface area contributed by atoms with E-state index in [-0.39, 0.29) is 24.4 Å². The van der Waals surface area contributed by atoms with Gasteiger partial charge in [0.25, 0.3) is 5.91 Å². The van der Waals surface area contributed by atoms with Gasteiger partial charge in [-0.15, -0.1) is 10.8 Å². The number of nitrogens with zero attached hydrogens (tertiary/aromatic N) is 1. The van der Waals surface area contributed by atoms with Crippen LogP contribution in [0.25, 0.3) is 0 Å². The highest BCUT2D eigenvalue weighted by molar-refractivity contribution is 8.25. The third kappa shape index (κ3) is 8.89. The fourth-order valence-corrected chi connectivity index (χ4v) is 6.91. The molecule has 1 fully saturated rings. The molecule has 2 atom stereocenters. The molecule has 1 saturated heterocycles. The molecule has 3 aromatic rings. The lowest BCUT2D eigenvalue weighted by atomic mass is 10.00. The van der Waals surface area contributed by atoms with Crippen LogP contribution in [0.15, 0.2) is 66.7 Å². The predicted molar refractivity (Wildman–Crippen MR) is 170 cm³/mol. The molecule has 0 bridgehead atoms. The lowest BCUT2D eigenvalue weighted by Gasteiger charge is -2.47. The minimum atomic E-state index is -4.46. The smallest absolute Gasteiger partial charge is 0.390 e. The van der Waals surface area contributed by atoms with Crippen LogP contribution >= 0.6 is 10.8 Å². The second-order valence-electron chi connectivity index (χ2n) is 11.1. The number of aliphatic hydroxyl groups excluding tert-OH is 1. The summed E-state index contributed by atoms with van der Waals surface area (Å²) in [6.07, 6.45) is -3.72. The molecule has 3 aromatic carbocycles. The van der Waals surface area contributed by atoms with Gasteiger partial charge in [0, 0.05) is 37.4 Å². The van der Waals surface area contributed by atoms with E-state index in [9.17, 15) is 32.2 Å². The van der Waals surface area contributed by atoms with Crippen LogP contribution in [0.1, 0.15) is 52.4 Å². The number of rotatable bonds is 12. The van der Waals surface area contributed by atoms with Crippen molar-refractivity contribution in [2.45, 2.75) is 58.0 Å². The van der Waals surface area contributed by atoms with Crippen LogP contribution in [0.4, 0.5) is 24.5 Å². The number of benzene rings is 3. The van der Waals surface area contributed by atoms with Crippen LogP contribution < -0.4 is 20.3 Å². The molecule has 1 heterocycles. The molecular formula is C32H41F3N4O4S. The SMILES string of the molecule is CCNc1cc(C(=O)N[C@@H](Cc2ccccc2)[C@H](O)CNCc2cc(C(F)(F)F)ccc2C)cc(N2CCCCS2(O)O)c1. The average molecular weight is 635 g/mol. The zero-order valence-electron chi connectivity index (χ0n) is 24.9. The quantitative estimate of drug-likeness (QED) is 0.140. The summed E-state index contributed by atoms with van der Waals surface area (Å²) in [4.78, 5) is 13.7. The van der Waals surface area contributed by atoms with Gasteiger partial charge >= 0.3 is 6.18 Å². The normalized spacial score (nSPS) is 17.0. The first-order valence-corrected chi connectivity index (χ1v) is 16.4. The van der Waals surface area contributed by atoms with Crippen molar-refractivity contribution in [3.05, 3.63) is 94.5 Å². The molecule has 6 N–H and O–H groups in total. The van der Waals surface area contributed by atoms with E-state index in [0.29, 0.717) is 48.4 Å². The molecular weight excluding hydrogens is 593 g/mol. The van der Waals surface area contributed by atoms with Gasteiger partial charge in [-0.2, -0.15) is 13.2 Å². The molecule has 0 aromatic heterocycles. The van der Waals surface area contributed by atoms with Crippen LogP contribution in [0, 0.1) is 6.92 Å². The molecule has 4 rings (SSSR count). The molecule has 0 radical (unpaired) electrons. The standard InChI is InChI=1S/C32H41F3N4O4S/c1-3-37-27-17-24(18-28(19-27)39-13-7-8-14-44(39,42)43)31(41)38-29(15-23-9-5-4-6-10-23)30(40)21-36-20-25-16-26(32(33,34)35)12-11-22(25)2/h4-6,9-12,16-19,29-30,36-37,40,42-43H,3,7-8,13-15,20-21H2,1-2H3,(H,38,41)/t29-,30+/m0/s1. The van der Waals surface area contributed by atoms with Crippen molar-refractivity contribution in [1.82, 2.24) is 10.6 Å². The number of alkyl halides is 3. The van der Waals surface area contributed by atoms with Crippen LogP contribution in [-0.4, -0.2) is 57.7 Å². The van der Waals surface area contributed by atoms with Gasteiger partial charge < -0.3 is 21.1 Å². The first-order chi connectivity index (χ1) is 20.9. The monoisotopic (exact) mass is 634 g/mol. The molecule has 12 heteroatoms. The number of aryl methyl sites for hydroxylation is 1. The number of nitrogens with one attached hydrogen (secondary N) is 3. The van der Waals surface area contributed by atoms with Crippen LogP contribution in [-0.2, 0) is 19.1 Å². The average Bonchev–Trinajstić information content (AvgIpc) is 2.97. The molecule has 0 unspecified atom stereocenters. The fourth-order valence-electron chi connectivity index (χ4n) is 5.24. The van der Waals surface area contributed by atoms with Gasteiger partial charge in [0.1, 0.15) is 0 Å². The molecule has 240 valence electrons. The minimum absolute atomic E-state index is 0.0187. The van der Waals surface area contributed by atoms with E-state index in [1.165, 1.54) is 6.07 Å². The Hall–Kier alpha value is -3.29. The summed E-state index contributed by atoms with van der Waals surface area (Å²) < 4.78 is 62.7. The van der Waals surface area contributed by atoms with Gasteiger partial charge in [-0.3, -0.25) is 18.2 Å². The summed E-state index contributed by atoms with van der Waals surface area (Å²) in [5.74, 6) is -0.189. The van der Waals surface area contributed by atoms with Gasteiger partial charge in [-0.1, -0.05) is 36.4 Å². The Morgan fingerprint density at radius 2 is 1.80 bits per heavy atom. The van der Waals surface area contributed by atoms with Crippen molar-refractivity contribution in [2.75, 3.05) is 35.0 Å². The van der Waals surface area contributed by atoms with Crippen molar-refractivity contribution in [3.8, 4) is 0 Å². The number of aliphatic hydroxyl groups is 1. The lowest BCUT2D eigenvalue weighted by molar-refractivity contribution is -0.137. The molecule has 1 amide bonds. The Bertz CT molecular complexity index is 1410. The number of carbonyl (C=O) groups is 1. The fraction of sp³-hybridized carbons (Fsp3) is 0.406. The summed E-state index contributed by atoms with van der Waals surface area (Å²) in [5, 5.41) is 20.4. The molecule has 0 spiro atoms. The molecule has 44 heavy (non-hydrogen) atoms. The zero-order chi connectivity index (χ0) is 31.9. The Morgan fingerprint density at radius 3 is 2.48 bits per heavy atom. The second kappa shape index (κ2) is 14.7. The van der Waals surface area contributed by atoms with Gasteiger partial charge in [-0.25, -0.2) is 0 Å². The van der Waals surface area contributed by atoms with Crippen molar-refractivity contribution in [2.24, 2.45) is 0 Å². The van der Waals surface area contributed by atoms with Crippen molar-refractivity contribution in [1.29, 1.82) is 0 Å². The first kappa shape index (κ1) is 33.6. The maximum atomic E-state index is 13.7. The highest BCUT2D eigenvalue weighted by Gasteiger charge is 2.31. The number of hydrogen-bond donors (Lipinski definition) is 6. The number of amides is 1. The Labute approximate surface area is 258 Å². The third-order valence-electron chi connectivity index (χ3n) is 7.66. The third-order valence-corrected chi connectivity index (χ3v) is 9.59. The summed E-state index contributed by atoms with van der Waals surface area (Å²) >= 11 is 0. The van der Waals surface area contributed by atoms with E-state index in [2.05, 4.69) is 16.0 Å². The first-order valence-electron chi connectivity index (χ1n) is 14.7. The highest BCUT2D eigenvalue weighted by Crippen LogP contribution is 2.50. The van der Waals surface area contributed by atoms with Gasteiger partial charge in [0.05, 0.1) is 29.1 Å². The largest absolute Gasteiger partial charge is 0.416 e. The van der Waals surface area contributed by atoms with E-state index in [4.69, 9.17) is 0 Å². The summed E-state index contributed by atoms with van der Waals surface area (Å²) in [7, 11) is -3.01. The predicted octanol–water partition coefficient (Wildman–Crippen LogP) is 6.20. The van der Waals surface area contributed by atoms with E-state index in [1.54, 1.807) is 29.4 Å². The highest BCUT2D eigenvalue weighted by atomic mass is 32.3. The Morgan fingerprint density at radius 1 is 1.05 bits per heavy atom. The van der Waals surface area contributed by atoms with Gasteiger partial charge in [-0.05, 0) is 80.1 Å². The van der Waals surface area contributed by atoms with Gasteiger partial charge in [0.15, 0.2) is 0 Å². The van der Waals surface area contributed by atoms with Crippen LogP contribution in [0.3, 0.4) is 0 Å². The van der Waals surface area contributed by atoms with Crippen LogP contribution in [0.2, 0.25) is 0 Å². The molecule has 1 aliphatic rings. The Balaban J connectivity index is 1.53. The topological polar surface area (TPSA) is 117 Å². The zero-order valence-corrected chi connectivity index (χ0v) is 25.7. The second-order valence-corrected chi connectivity index (χ2v) is 13.2. The van der Waals surface area contributed by atoms with Gasteiger partial charge in [0.2, 0.25) is 0 Å². The van der Waals surface area contributed by atoms with E-state index >= 15 is 0 Å². The van der Waals surface area contributed by atoms with E-state index in [0.717, 1.165) is 24.1 Å². The van der Waals surface area contributed by atoms with E-state index in [1.807, 2.05) is 37.3 Å². The minimum Gasteiger partial charge on any atom is -0.390 e. The van der Waals surface area contributed by atoms with Crippen molar-refractivity contribution in [3.63, 3.8) is 0 Å². The summed E-state index contributed by atoms with van der Waals surface area (Å²) in [5.41, 5.74) is 2.76. The van der Waals surface area contributed by atoms with E-state index < -0.39 is 40.6 Å². The van der Waals surface area contributed by atoms with Crippen molar-refractivity contribution >= 4 is 28.1 Å². The lowest BCUT2D eigenvalue weighted by Crippen LogP contribution is -2.48. The number of anilines is 2. The molecule has 8 nitrogen and oxygen atoms in total. The Kier molecular flexibility index (Phi) is 11.2. The molecule has 0 aliphatic carbocycles. The van der Waals surface area contributed by atoms with Crippen LogP contribution in [0.5, 0.6) is 0 Å². The number of halogens is 3. The van der Waals surface area contributed by atoms with Crippen molar-refractivity contribution < 1.29 is 32.2 Å². The maximum absolute atomic E-state index is 13.7.